The van der Waals surface area contributed by atoms with Crippen molar-refractivity contribution in [2.24, 2.45) is 0 Å². The van der Waals surface area contributed by atoms with Crippen molar-refractivity contribution in [1.82, 2.24) is 5.32 Å². The zero-order chi connectivity index (χ0) is 59.0. The fourth-order valence-corrected chi connectivity index (χ4v) is 11.6. The maximum absolute atomic E-state index is 13.2. The summed E-state index contributed by atoms with van der Waals surface area (Å²) in [5.41, 5.74) is 0. The van der Waals surface area contributed by atoms with Crippen LogP contribution in [0.1, 0.15) is 258 Å². The lowest BCUT2D eigenvalue weighted by Gasteiger charge is -2.48. The number of hydrogen-bond acceptors (Lipinski definition) is 18. The van der Waals surface area contributed by atoms with Gasteiger partial charge >= 0.3 is 0 Å². The molecule has 3 fully saturated rings. The van der Waals surface area contributed by atoms with Crippen LogP contribution in [-0.4, -0.2) is 193 Å². The molecule has 0 saturated carbocycles. The van der Waals surface area contributed by atoms with E-state index in [9.17, 15) is 61.0 Å². The van der Waals surface area contributed by atoms with Crippen LogP contribution in [0, 0.1) is 0 Å². The Kier molecular flexibility index (Phi) is 42.1. The van der Waals surface area contributed by atoms with Crippen LogP contribution >= 0.6 is 0 Å². The Bertz CT molecular complexity index is 1490. The number of rotatable bonds is 50. The quantitative estimate of drug-likeness (QED) is 0.0269. The Hall–Kier alpha value is -1.21. The van der Waals surface area contributed by atoms with Crippen molar-refractivity contribution < 1.29 is 89.4 Å². The molecule has 0 aromatic heterocycles. The highest BCUT2D eigenvalue weighted by atomic mass is 16.8. The van der Waals surface area contributed by atoms with Gasteiger partial charge in [0.05, 0.1) is 38.6 Å². The minimum Gasteiger partial charge on any atom is -0.394 e. The van der Waals surface area contributed by atoms with Gasteiger partial charge in [0.15, 0.2) is 18.9 Å². The fraction of sp³-hybridized carbons (Fsp3) is 0.984. The molecule has 480 valence electrons. The summed E-state index contributed by atoms with van der Waals surface area (Å²) >= 11 is 0. The van der Waals surface area contributed by atoms with Crippen LogP contribution in [0.3, 0.4) is 0 Å². The lowest BCUT2D eigenvalue weighted by atomic mass is 9.96. The Labute approximate surface area is 487 Å². The first-order valence-corrected chi connectivity index (χ1v) is 32.8. The monoisotopic (exact) mass is 1170 g/mol. The number of nitrogens with one attached hydrogen (secondary N) is 1. The van der Waals surface area contributed by atoms with E-state index in [-0.39, 0.29) is 18.9 Å². The first kappa shape index (κ1) is 74.0. The summed E-state index contributed by atoms with van der Waals surface area (Å²) in [5, 5.41) is 120. The molecular formula is C62H119NO18. The second-order valence-corrected chi connectivity index (χ2v) is 23.9. The van der Waals surface area contributed by atoms with Crippen LogP contribution in [0.2, 0.25) is 0 Å². The standard InChI is InChI=1S/C62H119NO18/c1-3-5-7-9-11-13-14-15-16-17-18-19-20-21-22-23-24-25-26-27-28-29-30-31-32-33-35-37-39-46(67)45(63-50(68)40-38-36-34-12-10-8-6-4-2)44-76-60-56(74)53(71)58(48(42-65)78-60)81-62-57(75)54(72)59(49(43-66)79-62)80-61-55(73)52(70)51(69)47(41-64)77-61/h45-49,51-62,64-67,69-75H,3-44H2,1-2H3,(H,63,68). The molecule has 3 aliphatic rings. The third kappa shape index (κ3) is 29.4. The minimum atomic E-state index is -1.97. The molecule has 0 radical (unpaired) electrons. The topological polar surface area (TPSA) is 307 Å². The third-order valence-electron chi connectivity index (χ3n) is 16.9. The smallest absolute Gasteiger partial charge is 0.220 e. The van der Waals surface area contributed by atoms with Crippen LogP contribution in [0.25, 0.3) is 0 Å². The first-order valence-electron chi connectivity index (χ1n) is 32.8. The molecule has 0 aliphatic carbocycles. The second kappa shape index (κ2) is 46.0. The largest absolute Gasteiger partial charge is 0.394 e. The predicted molar refractivity (Wildman–Crippen MR) is 310 cm³/mol. The van der Waals surface area contributed by atoms with E-state index in [1.807, 2.05) is 0 Å². The van der Waals surface area contributed by atoms with E-state index >= 15 is 0 Å². The average Bonchev–Trinajstić information content (AvgIpc) is 3.62. The first-order chi connectivity index (χ1) is 39.3. The second-order valence-electron chi connectivity index (χ2n) is 23.9. The van der Waals surface area contributed by atoms with E-state index < -0.39 is 124 Å². The molecule has 3 aliphatic heterocycles. The lowest BCUT2D eigenvalue weighted by Crippen LogP contribution is -2.66. The van der Waals surface area contributed by atoms with E-state index in [1.165, 1.54) is 180 Å². The molecule has 0 aromatic carbocycles. The van der Waals surface area contributed by atoms with Gasteiger partial charge in [-0.15, -0.1) is 0 Å². The number of carbonyl (C=O) groups excluding carboxylic acids is 1. The average molecular weight is 1170 g/mol. The summed E-state index contributed by atoms with van der Waals surface area (Å²) < 4.78 is 34.3. The molecule has 1 amide bonds. The molecular weight excluding hydrogens is 1050 g/mol. The molecule has 0 aromatic rings. The van der Waals surface area contributed by atoms with Crippen molar-refractivity contribution in [3.63, 3.8) is 0 Å². The highest BCUT2D eigenvalue weighted by molar-refractivity contribution is 5.76. The summed E-state index contributed by atoms with van der Waals surface area (Å²) in [6.07, 6.45) is 19.5. The zero-order valence-electron chi connectivity index (χ0n) is 50.3. The minimum absolute atomic E-state index is 0.244. The van der Waals surface area contributed by atoms with Gasteiger partial charge in [-0.2, -0.15) is 0 Å². The SMILES string of the molecule is CCCCCCCCCCCCCCCCCCCCCCCCCCCCCCC(O)C(COC1OC(CO)C(OC2OC(CO)C(OC3OC(CO)C(O)C(O)C3O)C(O)C2O)C(O)C1O)NC(=O)CCCCCCCCCC. The molecule has 19 nitrogen and oxygen atoms in total. The highest BCUT2D eigenvalue weighted by Crippen LogP contribution is 2.33. The Morgan fingerprint density at radius 1 is 0.395 bits per heavy atom. The number of aliphatic hydroxyl groups is 11. The fourth-order valence-electron chi connectivity index (χ4n) is 11.6. The molecule has 0 spiro atoms. The third-order valence-corrected chi connectivity index (χ3v) is 16.9. The van der Waals surface area contributed by atoms with E-state index in [2.05, 4.69) is 19.2 Å². The Morgan fingerprint density at radius 2 is 0.704 bits per heavy atom. The van der Waals surface area contributed by atoms with Gasteiger partial charge in [-0.3, -0.25) is 4.79 Å². The molecule has 3 rings (SSSR count). The zero-order valence-corrected chi connectivity index (χ0v) is 50.3. The van der Waals surface area contributed by atoms with Gasteiger partial charge in [0.25, 0.3) is 0 Å². The molecule has 3 heterocycles. The Morgan fingerprint density at radius 3 is 1.07 bits per heavy atom. The molecule has 0 bridgehead atoms. The van der Waals surface area contributed by atoms with E-state index in [1.54, 1.807) is 0 Å². The normalized spacial score (nSPS) is 29.7. The summed E-state index contributed by atoms with van der Waals surface area (Å²) in [7, 11) is 0. The van der Waals surface area contributed by atoms with E-state index in [0.717, 1.165) is 44.9 Å². The number of ether oxygens (including phenoxy) is 6. The summed E-state index contributed by atoms with van der Waals surface area (Å²) in [5.74, 6) is -0.244. The summed E-state index contributed by atoms with van der Waals surface area (Å²) in [6, 6.07) is -0.879. The van der Waals surface area contributed by atoms with Crippen LogP contribution < -0.4 is 5.32 Å². The van der Waals surface area contributed by atoms with Crippen molar-refractivity contribution in [3.8, 4) is 0 Å². The molecule has 17 atom stereocenters. The summed E-state index contributed by atoms with van der Waals surface area (Å²) in [6.45, 7) is 1.77. The van der Waals surface area contributed by atoms with Gasteiger partial charge in [-0.25, -0.2) is 0 Å². The van der Waals surface area contributed by atoms with Crippen molar-refractivity contribution >= 4 is 5.91 Å². The van der Waals surface area contributed by atoms with Gasteiger partial charge in [-0.05, 0) is 12.8 Å². The van der Waals surface area contributed by atoms with Gasteiger partial charge in [0.2, 0.25) is 5.91 Å². The van der Waals surface area contributed by atoms with Crippen LogP contribution in [0.5, 0.6) is 0 Å². The van der Waals surface area contributed by atoms with Crippen molar-refractivity contribution in [3.05, 3.63) is 0 Å². The van der Waals surface area contributed by atoms with Gasteiger partial charge in [0, 0.05) is 6.42 Å². The maximum atomic E-state index is 13.2. The number of hydrogen-bond donors (Lipinski definition) is 12. The van der Waals surface area contributed by atoms with Crippen LogP contribution in [-0.2, 0) is 33.2 Å². The molecule has 81 heavy (non-hydrogen) atoms. The summed E-state index contributed by atoms with van der Waals surface area (Å²) in [4.78, 5) is 13.2. The number of unbranched alkanes of at least 4 members (excludes halogenated alkanes) is 34. The van der Waals surface area contributed by atoms with Crippen LogP contribution in [0.15, 0.2) is 0 Å². The van der Waals surface area contributed by atoms with Gasteiger partial charge in [0.1, 0.15) is 73.2 Å². The van der Waals surface area contributed by atoms with Crippen molar-refractivity contribution in [2.45, 2.75) is 362 Å². The molecule has 17 unspecified atom stereocenters. The maximum Gasteiger partial charge on any atom is 0.220 e. The van der Waals surface area contributed by atoms with Gasteiger partial charge in [-0.1, -0.05) is 239 Å². The Balaban J connectivity index is 1.37. The van der Waals surface area contributed by atoms with E-state index in [0.29, 0.717) is 12.8 Å². The molecule has 19 heteroatoms. The highest BCUT2D eigenvalue weighted by Gasteiger charge is 2.53. The number of aliphatic hydroxyl groups excluding tert-OH is 11. The molecule has 12 N–H and O–H groups in total. The van der Waals surface area contributed by atoms with Crippen LogP contribution in [0.4, 0.5) is 0 Å². The lowest BCUT2D eigenvalue weighted by molar-refractivity contribution is -0.379. The van der Waals surface area contributed by atoms with Crippen molar-refractivity contribution in [2.75, 3.05) is 26.4 Å². The number of carbonyl (C=O) groups is 1. The number of amides is 1. The predicted octanol–water partition coefficient (Wildman–Crippen LogP) is 7.16. The van der Waals surface area contributed by atoms with E-state index in [4.69, 9.17) is 28.4 Å². The van der Waals surface area contributed by atoms with Gasteiger partial charge < -0.3 is 89.9 Å². The molecule has 3 saturated heterocycles. The van der Waals surface area contributed by atoms with Crippen molar-refractivity contribution in [1.29, 1.82) is 0 Å².